The molecule has 1 aliphatic rings. The zero-order valence-electron chi connectivity index (χ0n) is 11.6. The van der Waals surface area contributed by atoms with Crippen LogP contribution in [0.3, 0.4) is 0 Å². The molecule has 100 valence electrons. The number of carbonyl (C=O) groups is 1. The first-order chi connectivity index (χ1) is 9.77. The van der Waals surface area contributed by atoms with Crippen molar-refractivity contribution in [2.24, 2.45) is 5.92 Å². The van der Waals surface area contributed by atoms with Crippen molar-refractivity contribution in [3.63, 3.8) is 0 Å². The number of benzene rings is 2. The summed E-state index contributed by atoms with van der Waals surface area (Å²) in [6, 6.07) is 20.1. The fourth-order valence-electron chi connectivity index (χ4n) is 2.98. The van der Waals surface area contributed by atoms with Gasteiger partial charge in [0.15, 0.2) is 5.78 Å². The molecule has 0 bridgehead atoms. The van der Waals surface area contributed by atoms with Crippen molar-refractivity contribution in [1.82, 2.24) is 0 Å². The smallest absolute Gasteiger partial charge is 0.170 e. The van der Waals surface area contributed by atoms with E-state index in [2.05, 4.69) is 25.1 Å². The maximum Gasteiger partial charge on any atom is 0.170 e. The van der Waals surface area contributed by atoms with E-state index in [1.165, 1.54) is 0 Å². The number of hydrogen-bond acceptors (Lipinski definition) is 1. The summed E-state index contributed by atoms with van der Waals surface area (Å²) in [5.41, 5.74) is 3.04. The number of rotatable bonds is 2. The maximum atomic E-state index is 12.9. The molecule has 3 rings (SSSR count). The maximum absolute atomic E-state index is 12.9. The number of carbonyl (C=O) groups excluding carboxylic acids is 1. The van der Waals surface area contributed by atoms with E-state index >= 15 is 0 Å². The van der Waals surface area contributed by atoms with Crippen LogP contribution < -0.4 is 0 Å². The molecule has 0 spiro atoms. The molecule has 0 aromatic heterocycles. The third-order valence-corrected chi connectivity index (χ3v) is 4.05. The Morgan fingerprint density at radius 3 is 2.15 bits per heavy atom. The predicted molar refractivity (Wildman–Crippen MR) is 82.4 cm³/mol. The van der Waals surface area contributed by atoms with Gasteiger partial charge in [0.1, 0.15) is 0 Å². The van der Waals surface area contributed by atoms with Crippen LogP contribution in [0.2, 0.25) is 0 Å². The van der Waals surface area contributed by atoms with Crippen LogP contribution in [0.1, 0.15) is 30.4 Å². The summed E-state index contributed by atoms with van der Waals surface area (Å²) in [6.07, 6.45) is 3.05. The van der Waals surface area contributed by atoms with E-state index in [1.807, 2.05) is 48.5 Å². The molecule has 0 amide bonds. The van der Waals surface area contributed by atoms with Crippen molar-refractivity contribution in [3.05, 3.63) is 77.9 Å². The minimum atomic E-state index is -0.0172. The SMILES string of the molecule is CC1CC=C(c2ccccc2)C(=O)C1c1ccccc1. The van der Waals surface area contributed by atoms with Crippen LogP contribution >= 0.6 is 0 Å². The van der Waals surface area contributed by atoms with Gasteiger partial charge in [0.25, 0.3) is 0 Å². The van der Waals surface area contributed by atoms with E-state index in [-0.39, 0.29) is 11.7 Å². The summed E-state index contributed by atoms with van der Waals surface area (Å²) in [5.74, 6) is 0.593. The van der Waals surface area contributed by atoms with E-state index in [0.717, 1.165) is 23.1 Å². The minimum absolute atomic E-state index is 0.0172. The zero-order valence-corrected chi connectivity index (χ0v) is 11.6. The molecule has 0 saturated carbocycles. The lowest BCUT2D eigenvalue weighted by molar-refractivity contribution is -0.116. The molecule has 0 N–H and O–H groups in total. The molecule has 1 nitrogen and oxygen atoms in total. The number of Topliss-reactive ketones (excluding diaryl/α,β-unsaturated/α-hetero) is 1. The molecule has 0 fully saturated rings. The van der Waals surface area contributed by atoms with Crippen molar-refractivity contribution in [2.45, 2.75) is 19.3 Å². The summed E-state index contributed by atoms with van der Waals surface area (Å²) in [7, 11) is 0. The lowest BCUT2D eigenvalue weighted by Crippen LogP contribution is -2.24. The highest BCUT2D eigenvalue weighted by Gasteiger charge is 2.32. The second-order valence-electron chi connectivity index (χ2n) is 5.45. The van der Waals surface area contributed by atoms with E-state index in [0.29, 0.717) is 5.92 Å². The Bertz CT molecular complexity index is 625. The minimum Gasteiger partial charge on any atom is -0.293 e. The summed E-state index contributed by atoms with van der Waals surface area (Å²) >= 11 is 0. The summed E-state index contributed by atoms with van der Waals surface area (Å²) in [6.45, 7) is 2.16. The normalized spacial score (nSPS) is 22.4. The van der Waals surface area contributed by atoms with Gasteiger partial charge in [0.05, 0.1) is 5.92 Å². The molecule has 1 aliphatic carbocycles. The number of allylic oxidation sites excluding steroid dienone is 2. The van der Waals surface area contributed by atoms with Gasteiger partial charge in [-0.15, -0.1) is 0 Å². The van der Waals surface area contributed by atoms with Gasteiger partial charge in [-0.25, -0.2) is 0 Å². The Kier molecular flexibility index (Phi) is 3.51. The van der Waals surface area contributed by atoms with Gasteiger partial charge < -0.3 is 0 Å². The largest absolute Gasteiger partial charge is 0.293 e. The van der Waals surface area contributed by atoms with Crippen LogP contribution in [0.4, 0.5) is 0 Å². The Morgan fingerprint density at radius 1 is 0.900 bits per heavy atom. The number of ketones is 1. The topological polar surface area (TPSA) is 17.1 Å². The van der Waals surface area contributed by atoms with Crippen LogP contribution in [0, 0.1) is 5.92 Å². The van der Waals surface area contributed by atoms with E-state index in [4.69, 9.17) is 0 Å². The molecule has 0 heterocycles. The Hall–Kier alpha value is -2.15. The van der Waals surface area contributed by atoms with Gasteiger partial charge in [-0.2, -0.15) is 0 Å². The van der Waals surface area contributed by atoms with Gasteiger partial charge >= 0.3 is 0 Å². The first kappa shape index (κ1) is 12.9. The zero-order chi connectivity index (χ0) is 13.9. The fraction of sp³-hybridized carbons (Fsp3) is 0.211. The van der Waals surface area contributed by atoms with E-state index < -0.39 is 0 Å². The van der Waals surface area contributed by atoms with Crippen LogP contribution in [-0.2, 0) is 4.79 Å². The number of hydrogen-bond donors (Lipinski definition) is 0. The Balaban J connectivity index is 1.99. The summed E-state index contributed by atoms with van der Waals surface area (Å²) in [5, 5.41) is 0. The van der Waals surface area contributed by atoms with Gasteiger partial charge in [0, 0.05) is 5.57 Å². The van der Waals surface area contributed by atoms with Gasteiger partial charge in [-0.05, 0) is 23.5 Å². The van der Waals surface area contributed by atoms with E-state index in [9.17, 15) is 4.79 Å². The molecule has 2 aromatic carbocycles. The molecule has 20 heavy (non-hydrogen) atoms. The van der Waals surface area contributed by atoms with Crippen LogP contribution in [-0.4, -0.2) is 5.78 Å². The molecule has 2 atom stereocenters. The average molecular weight is 262 g/mol. The molecular weight excluding hydrogens is 244 g/mol. The molecule has 2 unspecified atom stereocenters. The van der Waals surface area contributed by atoms with E-state index in [1.54, 1.807) is 0 Å². The Morgan fingerprint density at radius 2 is 1.50 bits per heavy atom. The highest BCUT2D eigenvalue weighted by atomic mass is 16.1. The molecule has 2 aromatic rings. The van der Waals surface area contributed by atoms with Crippen LogP contribution in [0.5, 0.6) is 0 Å². The molecule has 1 heteroatoms. The van der Waals surface area contributed by atoms with Crippen molar-refractivity contribution >= 4 is 11.4 Å². The monoisotopic (exact) mass is 262 g/mol. The van der Waals surface area contributed by atoms with Crippen molar-refractivity contribution in [3.8, 4) is 0 Å². The fourth-order valence-corrected chi connectivity index (χ4v) is 2.98. The summed E-state index contributed by atoms with van der Waals surface area (Å²) in [4.78, 5) is 12.9. The van der Waals surface area contributed by atoms with Gasteiger partial charge in [-0.1, -0.05) is 73.7 Å². The van der Waals surface area contributed by atoms with Crippen LogP contribution in [0.25, 0.3) is 5.57 Å². The van der Waals surface area contributed by atoms with Crippen molar-refractivity contribution in [1.29, 1.82) is 0 Å². The standard InChI is InChI=1S/C19H18O/c1-14-12-13-17(15-8-4-2-5-9-15)19(20)18(14)16-10-6-3-7-11-16/h2-11,13-14,18H,12H2,1H3. The first-order valence-electron chi connectivity index (χ1n) is 7.12. The van der Waals surface area contributed by atoms with Gasteiger partial charge in [-0.3, -0.25) is 4.79 Å². The lowest BCUT2D eigenvalue weighted by atomic mass is 9.74. The third-order valence-electron chi connectivity index (χ3n) is 4.05. The quantitative estimate of drug-likeness (QED) is 0.780. The third kappa shape index (κ3) is 2.32. The van der Waals surface area contributed by atoms with Crippen LogP contribution in [0.15, 0.2) is 66.7 Å². The predicted octanol–water partition coefficient (Wildman–Crippen LogP) is 4.46. The molecular formula is C19H18O. The lowest BCUT2D eigenvalue weighted by Gasteiger charge is -2.28. The molecule has 0 radical (unpaired) electrons. The van der Waals surface area contributed by atoms with Gasteiger partial charge in [0.2, 0.25) is 0 Å². The molecule has 0 aliphatic heterocycles. The highest BCUT2D eigenvalue weighted by Crippen LogP contribution is 2.37. The molecule has 0 saturated heterocycles. The Labute approximate surface area is 120 Å². The summed E-state index contributed by atoms with van der Waals surface area (Å²) < 4.78 is 0. The second-order valence-corrected chi connectivity index (χ2v) is 5.45. The second kappa shape index (κ2) is 5.46. The average Bonchev–Trinajstić information content (AvgIpc) is 2.49. The van der Waals surface area contributed by atoms with Crippen molar-refractivity contribution in [2.75, 3.05) is 0 Å². The first-order valence-corrected chi connectivity index (χ1v) is 7.12. The van der Waals surface area contributed by atoms with Crippen molar-refractivity contribution < 1.29 is 4.79 Å². The highest BCUT2D eigenvalue weighted by molar-refractivity contribution is 6.24.